The van der Waals surface area contributed by atoms with Crippen LogP contribution in [0, 0.1) is 0 Å². The molecule has 0 spiro atoms. The standard InChI is InChI=1S/C16H15N5O2S/c17-21-15(13-7-4-8-18-9-13)19-20-16(21)24-11-14(22)23-10-12-5-2-1-3-6-12/h1-9H,10-11,17H2. The minimum Gasteiger partial charge on any atom is -0.460 e. The van der Waals surface area contributed by atoms with Crippen molar-refractivity contribution in [3.05, 3.63) is 60.4 Å². The third-order valence-corrected chi connectivity index (χ3v) is 4.06. The van der Waals surface area contributed by atoms with Gasteiger partial charge in [-0.05, 0) is 17.7 Å². The second-order valence-electron chi connectivity index (χ2n) is 4.85. The van der Waals surface area contributed by atoms with Crippen LogP contribution >= 0.6 is 11.8 Å². The number of hydrogen-bond donors (Lipinski definition) is 1. The average Bonchev–Trinajstić information content (AvgIpc) is 3.00. The van der Waals surface area contributed by atoms with E-state index >= 15 is 0 Å². The highest BCUT2D eigenvalue weighted by atomic mass is 32.2. The largest absolute Gasteiger partial charge is 0.460 e. The summed E-state index contributed by atoms with van der Waals surface area (Å²) in [6, 6.07) is 13.1. The van der Waals surface area contributed by atoms with Gasteiger partial charge in [0.05, 0.1) is 5.75 Å². The van der Waals surface area contributed by atoms with Crippen molar-refractivity contribution in [3.8, 4) is 11.4 Å². The molecule has 122 valence electrons. The monoisotopic (exact) mass is 341 g/mol. The summed E-state index contributed by atoms with van der Waals surface area (Å²) in [5.74, 6) is 6.23. The Morgan fingerprint density at radius 3 is 2.75 bits per heavy atom. The number of thioether (sulfide) groups is 1. The van der Waals surface area contributed by atoms with Gasteiger partial charge in [0.2, 0.25) is 5.16 Å². The van der Waals surface area contributed by atoms with Gasteiger partial charge in [0.1, 0.15) is 6.61 Å². The van der Waals surface area contributed by atoms with Crippen LogP contribution in [0.2, 0.25) is 0 Å². The molecule has 0 bridgehead atoms. The van der Waals surface area contributed by atoms with Crippen molar-refractivity contribution in [2.45, 2.75) is 11.8 Å². The molecule has 0 amide bonds. The molecule has 3 rings (SSSR count). The normalized spacial score (nSPS) is 10.5. The van der Waals surface area contributed by atoms with Crippen molar-refractivity contribution in [2.75, 3.05) is 11.6 Å². The van der Waals surface area contributed by atoms with Gasteiger partial charge in [0.25, 0.3) is 0 Å². The lowest BCUT2D eigenvalue weighted by atomic mass is 10.2. The van der Waals surface area contributed by atoms with E-state index in [1.807, 2.05) is 36.4 Å². The molecular formula is C16H15N5O2S. The lowest BCUT2D eigenvalue weighted by Crippen LogP contribution is -2.13. The molecule has 2 N–H and O–H groups in total. The van der Waals surface area contributed by atoms with E-state index in [-0.39, 0.29) is 18.3 Å². The van der Waals surface area contributed by atoms with Crippen molar-refractivity contribution in [3.63, 3.8) is 0 Å². The highest BCUT2D eigenvalue weighted by Gasteiger charge is 2.14. The molecule has 0 atom stereocenters. The molecule has 0 aliphatic heterocycles. The zero-order valence-corrected chi connectivity index (χ0v) is 13.5. The van der Waals surface area contributed by atoms with Crippen LogP contribution in [0.5, 0.6) is 0 Å². The van der Waals surface area contributed by atoms with Crippen LogP contribution < -0.4 is 5.84 Å². The Bertz CT molecular complexity index is 808. The van der Waals surface area contributed by atoms with Gasteiger partial charge in [-0.2, -0.15) is 0 Å². The van der Waals surface area contributed by atoms with Crippen LogP contribution in [-0.2, 0) is 16.1 Å². The van der Waals surface area contributed by atoms with E-state index in [0.29, 0.717) is 11.0 Å². The summed E-state index contributed by atoms with van der Waals surface area (Å²) in [5.41, 5.74) is 1.70. The van der Waals surface area contributed by atoms with Gasteiger partial charge in [-0.25, -0.2) is 4.68 Å². The molecule has 7 nitrogen and oxygen atoms in total. The minimum absolute atomic E-state index is 0.106. The van der Waals surface area contributed by atoms with Crippen molar-refractivity contribution < 1.29 is 9.53 Å². The van der Waals surface area contributed by atoms with Gasteiger partial charge in [-0.15, -0.1) is 10.2 Å². The van der Waals surface area contributed by atoms with Gasteiger partial charge >= 0.3 is 5.97 Å². The summed E-state index contributed by atoms with van der Waals surface area (Å²) in [4.78, 5) is 15.8. The van der Waals surface area contributed by atoms with E-state index in [0.717, 1.165) is 11.1 Å². The second kappa shape index (κ2) is 7.60. The summed E-state index contributed by atoms with van der Waals surface area (Å²) in [6.07, 6.45) is 3.31. The SMILES string of the molecule is Nn1c(SCC(=O)OCc2ccccc2)nnc1-c1cccnc1. The average molecular weight is 341 g/mol. The zero-order valence-electron chi connectivity index (χ0n) is 12.7. The van der Waals surface area contributed by atoms with Crippen LogP contribution in [-0.4, -0.2) is 31.6 Å². The van der Waals surface area contributed by atoms with Crippen molar-refractivity contribution in [1.29, 1.82) is 0 Å². The quantitative estimate of drug-likeness (QED) is 0.415. The minimum atomic E-state index is -0.338. The Hall–Kier alpha value is -2.87. The van der Waals surface area contributed by atoms with E-state index in [1.54, 1.807) is 18.5 Å². The first-order valence-corrected chi connectivity index (χ1v) is 8.16. The second-order valence-corrected chi connectivity index (χ2v) is 5.80. The fraction of sp³-hybridized carbons (Fsp3) is 0.125. The predicted molar refractivity (Wildman–Crippen MR) is 90.4 cm³/mol. The molecule has 8 heteroatoms. The lowest BCUT2D eigenvalue weighted by Gasteiger charge is -2.05. The fourth-order valence-electron chi connectivity index (χ4n) is 1.97. The first-order valence-electron chi connectivity index (χ1n) is 7.17. The molecule has 0 saturated carbocycles. The molecule has 0 fully saturated rings. The number of nitrogens with zero attached hydrogens (tertiary/aromatic N) is 4. The zero-order chi connectivity index (χ0) is 16.8. The molecule has 2 aromatic heterocycles. The molecule has 0 saturated heterocycles. The number of hydrogen-bond acceptors (Lipinski definition) is 7. The van der Waals surface area contributed by atoms with Gasteiger partial charge in [0.15, 0.2) is 5.82 Å². The third kappa shape index (κ3) is 3.90. The van der Waals surface area contributed by atoms with Crippen LogP contribution in [0.1, 0.15) is 5.56 Å². The molecule has 0 aliphatic rings. The van der Waals surface area contributed by atoms with E-state index in [4.69, 9.17) is 10.6 Å². The summed E-state index contributed by atoms with van der Waals surface area (Å²) >= 11 is 1.18. The number of esters is 1. The lowest BCUT2D eigenvalue weighted by molar-refractivity contribution is -0.141. The smallest absolute Gasteiger partial charge is 0.316 e. The Morgan fingerprint density at radius 1 is 1.17 bits per heavy atom. The van der Waals surface area contributed by atoms with Crippen LogP contribution in [0.4, 0.5) is 0 Å². The summed E-state index contributed by atoms with van der Waals surface area (Å²) in [7, 11) is 0. The molecule has 0 unspecified atom stereocenters. The van der Waals surface area contributed by atoms with E-state index < -0.39 is 0 Å². The Labute approximate surface area is 142 Å². The maximum atomic E-state index is 11.8. The maximum absolute atomic E-state index is 11.8. The number of nitrogen functional groups attached to an aromatic ring is 1. The van der Waals surface area contributed by atoms with Crippen LogP contribution in [0.3, 0.4) is 0 Å². The topological polar surface area (TPSA) is 95.9 Å². The molecule has 0 aliphatic carbocycles. The van der Waals surface area contributed by atoms with Crippen molar-refractivity contribution in [1.82, 2.24) is 19.9 Å². The van der Waals surface area contributed by atoms with Crippen molar-refractivity contribution in [2.24, 2.45) is 0 Å². The highest BCUT2D eigenvalue weighted by Crippen LogP contribution is 2.20. The first kappa shape index (κ1) is 16.0. The predicted octanol–water partition coefficient (Wildman–Crippen LogP) is 1.89. The molecule has 24 heavy (non-hydrogen) atoms. The summed E-state index contributed by atoms with van der Waals surface area (Å²) in [6.45, 7) is 0.247. The van der Waals surface area contributed by atoms with E-state index in [9.17, 15) is 4.79 Å². The van der Waals surface area contributed by atoms with Gasteiger partial charge in [-0.3, -0.25) is 9.78 Å². The Kier molecular flexibility index (Phi) is 5.07. The summed E-state index contributed by atoms with van der Waals surface area (Å²) in [5, 5.41) is 8.47. The van der Waals surface area contributed by atoms with Gasteiger partial charge < -0.3 is 10.6 Å². The molecule has 2 heterocycles. The Morgan fingerprint density at radius 2 is 2.00 bits per heavy atom. The number of nitrogens with two attached hydrogens (primary N) is 1. The Balaban J connectivity index is 1.55. The van der Waals surface area contributed by atoms with E-state index in [1.165, 1.54) is 16.4 Å². The number of aromatic nitrogens is 4. The molecular weight excluding hydrogens is 326 g/mol. The molecule has 3 aromatic rings. The molecule has 1 aromatic carbocycles. The fourth-order valence-corrected chi connectivity index (χ4v) is 2.62. The van der Waals surface area contributed by atoms with E-state index in [2.05, 4.69) is 15.2 Å². The maximum Gasteiger partial charge on any atom is 0.316 e. The van der Waals surface area contributed by atoms with Crippen LogP contribution in [0.15, 0.2) is 60.0 Å². The molecule has 0 radical (unpaired) electrons. The number of pyridine rings is 1. The number of ether oxygens (including phenoxy) is 1. The number of benzene rings is 1. The highest BCUT2D eigenvalue weighted by molar-refractivity contribution is 7.99. The number of carbonyl (C=O) groups excluding carboxylic acids is 1. The van der Waals surface area contributed by atoms with Crippen LogP contribution in [0.25, 0.3) is 11.4 Å². The summed E-state index contributed by atoms with van der Waals surface area (Å²) < 4.78 is 6.55. The number of rotatable bonds is 6. The van der Waals surface area contributed by atoms with Gasteiger partial charge in [0, 0.05) is 18.0 Å². The number of carbonyl (C=O) groups is 1. The van der Waals surface area contributed by atoms with Gasteiger partial charge in [-0.1, -0.05) is 42.1 Å². The van der Waals surface area contributed by atoms with Crippen molar-refractivity contribution >= 4 is 17.7 Å². The third-order valence-electron chi connectivity index (χ3n) is 3.15. The first-order chi connectivity index (χ1) is 11.7.